The number of furan rings is 1. The minimum Gasteiger partial charge on any atom is -0.493 e. The molecular weight excluding hydrogens is 256 g/mol. The first-order chi connectivity index (χ1) is 9.69. The van der Waals surface area contributed by atoms with Crippen LogP contribution in [0, 0.1) is 12.8 Å². The van der Waals surface area contributed by atoms with Gasteiger partial charge in [-0.15, -0.1) is 0 Å². The van der Waals surface area contributed by atoms with Gasteiger partial charge in [-0.2, -0.15) is 0 Å². The minimum absolute atomic E-state index is 0.0391. The molecule has 2 unspecified atom stereocenters. The number of rotatable bonds is 4. The molecule has 0 aliphatic heterocycles. The Labute approximate surface area is 117 Å². The fourth-order valence-electron chi connectivity index (χ4n) is 2.31. The van der Waals surface area contributed by atoms with E-state index in [1.165, 1.54) is 0 Å². The number of carbonyl (C=O) groups is 1. The van der Waals surface area contributed by atoms with Crippen molar-refractivity contribution < 1.29 is 13.9 Å². The highest BCUT2D eigenvalue weighted by atomic mass is 16.5. The Morgan fingerprint density at radius 1 is 1.45 bits per heavy atom. The maximum absolute atomic E-state index is 12.2. The Hall–Kier alpha value is -2.30. The highest BCUT2D eigenvalue weighted by Crippen LogP contribution is 2.48. The van der Waals surface area contributed by atoms with Crippen molar-refractivity contribution in [1.82, 2.24) is 4.98 Å². The average Bonchev–Trinajstić information content (AvgIpc) is 3.05. The molecule has 2 aromatic rings. The lowest BCUT2D eigenvalue weighted by Crippen LogP contribution is -2.16. The molecule has 1 saturated carbocycles. The van der Waals surface area contributed by atoms with E-state index in [9.17, 15) is 4.79 Å². The molecule has 0 radical (unpaired) electrons. The number of hydrogen-bond acceptors (Lipinski definition) is 4. The standard InChI is InChI=1S/C15H16N2O3/c1-9-5-6-13(19-2)14(16-9)17-15(18)11-8-10(11)12-4-3-7-20-12/h3-7,10-11H,8H2,1-2H3,(H,16,17,18). The zero-order valence-electron chi connectivity index (χ0n) is 11.4. The number of nitrogens with one attached hydrogen (secondary N) is 1. The summed E-state index contributed by atoms with van der Waals surface area (Å²) < 4.78 is 10.5. The number of aromatic nitrogens is 1. The van der Waals surface area contributed by atoms with E-state index in [0.29, 0.717) is 11.6 Å². The van der Waals surface area contributed by atoms with Crippen molar-refractivity contribution in [3.8, 4) is 5.75 Å². The number of amides is 1. The molecule has 1 aliphatic carbocycles. The van der Waals surface area contributed by atoms with Crippen LogP contribution in [0.5, 0.6) is 5.75 Å². The van der Waals surface area contributed by atoms with Gasteiger partial charge in [0.15, 0.2) is 11.6 Å². The Morgan fingerprint density at radius 2 is 2.30 bits per heavy atom. The molecule has 0 spiro atoms. The van der Waals surface area contributed by atoms with Crippen LogP contribution in [0.4, 0.5) is 5.82 Å². The second-order valence-corrected chi connectivity index (χ2v) is 4.96. The van der Waals surface area contributed by atoms with Gasteiger partial charge in [0, 0.05) is 17.5 Å². The third-order valence-corrected chi connectivity index (χ3v) is 3.49. The fraction of sp³-hybridized carbons (Fsp3) is 0.333. The molecule has 104 valence electrons. The minimum atomic E-state index is -0.0480. The molecule has 5 nitrogen and oxygen atoms in total. The van der Waals surface area contributed by atoms with Crippen molar-refractivity contribution in [2.45, 2.75) is 19.3 Å². The Kier molecular flexibility index (Phi) is 3.18. The molecule has 1 amide bonds. The molecule has 1 aliphatic rings. The Morgan fingerprint density at radius 3 is 3.00 bits per heavy atom. The summed E-state index contributed by atoms with van der Waals surface area (Å²) in [5.74, 6) is 2.01. The van der Waals surface area contributed by atoms with Crippen LogP contribution in [0.3, 0.4) is 0 Å². The summed E-state index contributed by atoms with van der Waals surface area (Å²) in [6.07, 6.45) is 2.45. The lowest BCUT2D eigenvalue weighted by atomic mass is 10.2. The maximum atomic E-state index is 12.2. The molecule has 3 rings (SSSR count). The number of anilines is 1. The average molecular weight is 272 g/mol. The van der Waals surface area contributed by atoms with Gasteiger partial charge in [-0.25, -0.2) is 4.98 Å². The van der Waals surface area contributed by atoms with Crippen LogP contribution in [0.25, 0.3) is 0 Å². The monoisotopic (exact) mass is 272 g/mol. The van der Waals surface area contributed by atoms with E-state index in [-0.39, 0.29) is 17.7 Å². The lowest BCUT2D eigenvalue weighted by Gasteiger charge is -2.09. The van der Waals surface area contributed by atoms with E-state index in [2.05, 4.69) is 10.3 Å². The van der Waals surface area contributed by atoms with Gasteiger partial charge in [-0.3, -0.25) is 4.79 Å². The number of carbonyl (C=O) groups excluding carboxylic acids is 1. The molecular formula is C15H16N2O3. The van der Waals surface area contributed by atoms with Crippen LogP contribution < -0.4 is 10.1 Å². The van der Waals surface area contributed by atoms with Crippen LogP contribution >= 0.6 is 0 Å². The van der Waals surface area contributed by atoms with Crippen molar-refractivity contribution in [1.29, 1.82) is 0 Å². The smallest absolute Gasteiger partial charge is 0.229 e. The number of ether oxygens (including phenoxy) is 1. The first-order valence-electron chi connectivity index (χ1n) is 6.55. The summed E-state index contributed by atoms with van der Waals surface area (Å²) in [6.45, 7) is 1.87. The normalized spacial score (nSPS) is 20.5. The van der Waals surface area contributed by atoms with Crippen molar-refractivity contribution in [3.05, 3.63) is 42.0 Å². The second-order valence-electron chi connectivity index (χ2n) is 4.96. The van der Waals surface area contributed by atoms with E-state index in [4.69, 9.17) is 9.15 Å². The van der Waals surface area contributed by atoms with Gasteiger partial charge in [0.1, 0.15) is 5.76 Å². The molecule has 0 bridgehead atoms. The lowest BCUT2D eigenvalue weighted by molar-refractivity contribution is -0.117. The number of aryl methyl sites for hydroxylation is 1. The van der Waals surface area contributed by atoms with E-state index in [1.54, 1.807) is 19.4 Å². The highest BCUT2D eigenvalue weighted by Gasteiger charge is 2.46. The first kappa shape index (κ1) is 12.7. The topological polar surface area (TPSA) is 64.4 Å². The molecule has 1 N–H and O–H groups in total. The van der Waals surface area contributed by atoms with Crippen LogP contribution in [-0.2, 0) is 4.79 Å². The van der Waals surface area contributed by atoms with Gasteiger partial charge in [0.25, 0.3) is 0 Å². The third kappa shape index (κ3) is 2.39. The maximum Gasteiger partial charge on any atom is 0.229 e. The van der Waals surface area contributed by atoms with Gasteiger partial charge in [-0.1, -0.05) is 0 Å². The first-order valence-corrected chi connectivity index (χ1v) is 6.55. The summed E-state index contributed by atoms with van der Waals surface area (Å²) in [5, 5.41) is 2.84. The summed E-state index contributed by atoms with van der Waals surface area (Å²) in [6, 6.07) is 7.39. The molecule has 0 saturated heterocycles. The van der Waals surface area contributed by atoms with E-state index in [1.807, 2.05) is 25.1 Å². The van der Waals surface area contributed by atoms with Gasteiger partial charge in [0.2, 0.25) is 5.91 Å². The zero-order valence-corrected chi connectivity index (χ0v) is 11.4. The van der Waals surface area contributed by atoms with Crippen LogP contribution in [0.15, 0.2) is 34.9 Å². The molecule has 0 aromatic carbocycles. The molecule has 5 heteroatoms. The predicted octanol–water partition coefficient (Wildman–Crippen LogP) is 2.73. The van der Waals surface area contributed by atoms with Crippen molar-refractivity contribution in [2.75, 3.05) is 12.4 Å². The highest BCUT2D eigenvalue weighted by molar-refractivity contribution is 5.95. The van der Waals surface area contributed by atoms with Gasteiger partial charge < -0.3 is 14.5 Å². The third-order valence-electron chi connectivity index (χ3n) is 3.49. The van der Waals surface area contributed by atoms with E-state index >= 15 is 0 Å². The van der Waals surface area contributed by atoms with Crippen LogP contribution in [0.1, 0.15) is 23.8 Å². The van der Waals surface area contributed by atoms with Crippen molar-refractivity contribution in [3.63, 3.8) is 0 Å². The zero-order chi connectivity index (χ0) is 14.1. The molecule has 1 fully saturated rings. The summed E-state index contributed by atoms with van der Waals surface area (Å²) in [4.78, 5) is 16.5. The van der Waals surface area contributed by atoms with Gasteiger partial charge in [0.05, 0.1) is 13.4 Å². The Bertz CT molecular complexity index is 622. The SMILES string of the molecule is COc1ccc(C)nc1NC(=O)C1CC1c1ccco1. The van der Waals surface area contributed by atoms with Crippen molar-refractivity contribution in [2.24, 2.45) is 5.92 Å². The molecule has 20 heavy (non-hydrogen) atoms. The predicted molar refractivity (Wildman–Crippen MR) is 73.7 cm³/mol. The Balaban J connectivity index is 1.70. The fourth-order valence-corrected chi connectivity index (χ4v) is 2.31. The number of methoxy groups -OCH3 is 1. The second kappa shape index (κ2) is 5.00. The number of hydrogen-bond donors (Lipinski definition) is 1. The quantitative estimate of drug-likeness (QED) is 0.929. The molecule has 2 aromatic heterocycles. The van der Waals surface area contributed by atoms with Gasteiger partial charge in [-0.05, 0) is 37.6 Å². The van der Waals surface area contributed by atoms with Gasteiger partial charge >= 0.3 is 0 Å². The van der Waals surface area contributed by atoms with Crippen LogP contribution in [-0.4, -0.2) is 18.0 Å². The number of pyridine rings is 1. The largest absolute Gasteiger partial charge is 0.493 e. The number of nitrogens with zero attached hydrogens (tertiary/aromatic N) is 1. The van der Waals surface area contributed by atoms with E-state index in [0.717, 1.165) is 17.9 Å². The molecule has 2 heterocycles. The summed E-state index contributed by atoms with van der Waals surface area (Å²) >= 11 is 0. The molecule has 2 atom stereocenters. The van der Waals surface area contributed by atoms with Crippen LogP contribution in [0.2, 0.25) is 0 Å². The summed E-state index contributed by atoms with van der Waals surface area (Å²) in [5.41, 5.74) is 0.833. The van der Waals surface area contributed by atoms with E-state index < -0.39 is 0 Å². The summed E-state index contributed by atoms with van der Waals surface area (Å²) in [7, 11) is 1.56. The van der Waals surface area contributed by atoms with Crippen molar-refractivity contribution >= 4 is 11.7 Å².